The SMILES string of the molecule is CCCC(OCC)C(NN)c1ccnn1C. The molecule has 0 aliphatic carbocycles. The number of aromatic nitrogens is 2. The number of hydrazine groups is 1. The lowest BCUT2D eigenvalue weighted by Gasteiger charge is -2.26. The standard InChI is InChI=1S/C11H22N4O/c1-4-6-10(16-5-2)11(14-12)9-7-8-13-15(9)3/h7-8,10-11,14H,4-6,12H2,1-3H3. The van der Waals surface area contributed by atoms with Gasteiger partial charge in [0.15, 0.2) is 0 Å². The Kier molecular flexibility index (Phi) is 5.45. The van der Waals surface area contributed by atoms with Crippen molar-refractivity contribution < 1.29 is 4.74 Å². The molecule has 0 aliphatic rings. The minimum atomic E-state index is -0.00704. The van der Waals surface area contributed by atoms with E-state index < -0.39 is 0 Å². The van der Waals surface area contributed by atoms with Gasteiger partial charge in [0.2, 0.25) is 0 Å². The first-order valence-electron chi connectivity index (χ1n) is 5.80. The highest BCUT2D eigenvalue weighted by molar-refractivity contribution is 5.08. The van der Waals surface area contributed by atoms with E-state index in [4.69, 9.17) is 10.6 Å². The Hall–Kier alpha value is -0.910. The molecule has 16 heavy (non-hydrogen) atoms. The van der Waals surface area contributed by atoms with Crippen LogP contribution in [0.3, 0.4) is 0 Å². The molecule has 1 rings (SSSR count). The normalized spacial score (nSPS) is 15.0. The fourth-order valence-corrected chi connectivity index (χ4v) is 1.92. The highest BCUT2D eigenvalue weighted by Crippen LogP contribution is 2.21. The first kappa shape index (κ1) is 13.2. The summed E-state index contributed by atoms with van der Waals surface area (Å²) in [5, 5.41) is 4.15. The van der Waals surface area contributed by atoms with Crippen LogP contribution in [0.1, 0.15) is 38.4 Å². The van der Waals surface area contributed by atoms with Crippen LogP contribution in [0.15, 0.2) is 12.3 Å². The van der Waals surface area contributed by atoms with E-state index >= 15 is 0 Å². The van der Waals surface area contributed by atoms with Gasteiger partial charge in [-0.15, -0.1) is 0 Å². The molecule has 2 unspecified atom stereocenters. The lowest BCUT2D eigenvalue weighted by atomic mass is 10.0. The van der Waals surface area contributed by atoms with E-state index in [0.29, 0.717) is 6.61 Å². The van der Waals surface area contributed by atoms with Crippen molar-refractivity contribution in [3.05, 3.63) is 18.0 Å². The lowest BCUT2D eigenvalue weighted by molar-refractivity contribution is 0.0256. The van der Waals surface area contributed by atoms with Crippen LogP contribution in [0.4, 0.5) is 0 Å². The van der Waals surface area contributed by atoms with Crippen LogP contribution in [-0.2, 0) is 11.8 Å². The lowest BCUT2D eigenvalue weighted by Crippen LogP contribution is -2.39. The Morgan fingerprint density at radius 1 is 1.56 bits per heavy atom. The van der Waals surface area contributed by atoms with Crippen molar-refractivity contribution in [3.63, 3.8) is 0 Å². The summed E-state index contributed by atoms with van der Waals surface area (Å²) >= 11 is 0. The molecule has 0 aliphatic heterocycles. The predicted molar refractivity (Wildman–Crippen MR) is 63.6 cm³/mol. The third kappa shape index (κ3) is 3.04. The van der Waals surface area contributed by atoms with Crippen LogP contribution in [0.5, 0.6) is 0 Å². The number of hydrogen-bond acceptors (Lipinski definition) is 4. The summed E-state index contributed by atoms with van der Waals surface area (Å²) in [7, 11) is 1.91. The molecule has 3 N–H and O–H groups in total. The molecule has 0 spiro atoms. The molecule has 0 amide bonds. The summed E-state index contributed by atoms with van der Waals surface area (Å²) in [4.78, 5) is 0. The smallest absolute Gasteiger partial charge is 0.0890 e. The third-order valence-electron chi connectivity index (χ3n) is 2.68. The van der Waals surface area contributed by atoms with Crippen molar-refractivity contribution in [1.82, 2.24) is 15.2 Å². The van der Waals surface area contributed by atoms with Gasteiger partial charge >= 0.3 is 0 Å². The zero-order chi connectivity index (χ0) is 12.0. The molecule has 0 aromatic carbocycles. The summed E-state index contributed by atoms with van der Waals surface area (Å²) in [6.07, 6.45) is 3.92. The third-order valence-corrected chi connectivity index (χ3v) is 2.68. The van der Waals surface area contributed by atoms with Crippen LogP contribution in [0.2, 0.25) is 0 Å². The number of aryl methyl sites for hydroxylation is 1. The van der Waals surface area contributed by atoms with Gasteiger partial charge in [-0.3, -0.25) is 10.5 Å². The van der Waals surface area contributed by atoms with Gasteiger partial charge in [0.1, 0.15) is 0 Å². The summed E-state index contributed by atoms with van der Waals surface area (Å²) in [6, 6.07) is 1.96. The molecule has 0 bridgehead atoms. The Morgan fingerprint density at radius 3 is 2.75 bits per heavy atom. The minimum Gasteiger partial charge on any atom is -0.376 e. The fraction of sp³-hybridized carbons (Fsp3) is 0.727. The summed E-state index contributed by atoms with van der Waals surface area (Å²) in [5.41, 5.74) is 3.88. The van der Waals surface area contributed by atoms with Crippen molar-refractivity contribution in [1.29, 1.82) is 0 Å². The summed E-state index contributed by atoms with van der Waals surface area (Å²) < 4.78 is 7.56. The van der Waals surface area contributed by atoms with E-state index in [1.807, 2.05) is 24.7 Å². The Bertz CT molecular complexity index is 294. The van der Waals surface area contributed by atoms with Crippen LogP contribution < -0.4 is 11.3 Å². The molecule has 0 radical (unpaired) electrons. The fourth-order valence-electron chi connectivity index (χ4n) is 1.92. The Morgan fingerprint density at radius 2 is 2.31 bits per heavy atom. The monoisotopic (exact) mass is 226 g/mol. The van der Waals surface area contributed by atoms with Gasteiger partial charge in [0.25, 0.3) is 0 Å². The van der Waals surface area contributed by atoms with Crippen LogP contribution in [0.25, 0.3) is 0 Å². The van der Waals surface area contributed by atoms with E-state index in [-0.39, 0.29) is 12.1 Å². The van der Waals surface area contributed by atoms with Crippen molar-refractivity contribution in [2.45, 2.75) is 38.8 Å². The van der Waals surface area contributed by atoms with Crippen LogP contribution >= 0.6 is 0 Å². The second kappa shape index (κ2) is 6.62. The van der Waals surface area contributed by atoms with E-state index in [0.717, 1.165) is 18.5 Å². The van der Waals surface area contributed by atoms with Gasteiger partial charge < -0.3 is 4.74 Å². The largest absolute Gasteiger partial charge is 0.376 e. The number of hydrogen-bond donors (Lipinski definition) is 2. The van der Waals surface area contributed by atoms with Gasteiger partial charge in [0, 0.05) is 19.9 Å². The second-order valence-corrected chi connectivity index (χ2v) is 3.81. The van der Waals surface area contributed by atoms with E-state index in [1.54, 1.807) is 6.20 Å². The molecule has 2 atom stereocenters. The maximum atomic E-state index is 5.73. The van der Waals surface area contributed by atoms with Gasteiger partial charge in [0.05, 0.1) is 17.8 Å². The molecule has 5 heteroatoms. The van der Waals surface area contributed by atoms with Gasteiger partial charge in [-0.2, -0.15) is 5.10 Å². The molecule has 0 saturated heterocycles. The molecule has 0 saturated carbocycles. The van der Waals surface area contributed by atoms with Crippen LogP contribution in [-0.4, -0.2) is 22.5 Å². The highest BCUT2D eigenvalue weighted by Gasteiger charge is 2.24. The number of rotatable bonds is 7. The van der Waals surface area contributed by atoms with Crippen LogP contribution in [0, 0.1) is 0 Å². The zero-order valence-corrected chi connectivity index (χ0v) is 10.3. The summed E-state index contributed by atoms with van der Waals surface area (Å²) in [5.74, 6) is 5.62. The maximum absolute atomic E-state index is 5.73. The molecule has 92 valence electrons. The first-order chi connectivity index (χ1) is 7.74. The number of nitrogens with one attached hydrogen (secondary N) is 1. The topological polar surface area (TPSA) is 65.1 Å². The average Bonchev–Trinajstić information content (AvgIpc) is 2.67. The first-order valence-corrected chi connectivity index (χ1v) is 5.80. The van der Waals surface area contributed by atoms with Gasteiger partial charge in [-0.1, -0.05) is 13.3 Å². The molecular formula is C11H22N4O. The quantitative estimate of drug-likeness (QED) is 0.540. The van der Waals surface area contributed by atoms with Crippen molar-refractivity contribution >= 4 is 0 Å². The average molecular weight is 226 g/mol. The molecule has 0 fully saturated rings. The molecule has 1 aromatic rings. The predicted octanol–water partition coefficient (Wildman–Crippen LogP) is 1.13. The maximum Gasteiger partial charge on any atom is 0.0890 e. The van der Waals surface area contributed by atoms with E-state index in [9.17, 15) is 0 Å². The highest BCUT2D eigenvalue weighted by atomic mass is 16.5. The van der Waals surface area contributed by atoms with Gasteiger partial charge in [-0.25, -0.2) is 5.43 Å². The van der Waals surface area contributed by atoms with E-state index in [2.05, 4.69) is 17.4 Å². The van der Waals surface area contributed by atoms with Gasteiger partial charge in [-0.05, 0) is 19.4 Å². The Balaban J connectivity index is 2.81. The van der Waals surface area contributed by atoms with Crippen molar-refractivity contribution in [2.24, 2.45) is 12.9 Å². The molecule has 1 heterocycles. The van der Waals surface area contributed by atoms with Crippen molar-refractivity contribution in [2.75, 3.05) is 6.61 Å². The Labute approximate surface area is 96.9 Å². The molecule has 1 aromatic heterocycles. The number of nitrogens with zero attached hydrogens (tertiary/aromatic N) is 2. The minimum absolute atomic E-state index is 0.00704. The molecular weight excluding hydrogens is 204 g/mol. The summed E-state index contributed by atoms with van der Waals surface area (Å²) in [6.45, 7) is 4.84. The number of nitrogens with two attached hydrogens (primary N) is 1. The zero-order valence-electron chi connectivity index (χ0n) is 10.3. The molecule has 5 nitrogen and oxygen atoms in total. The van der Waals surface area contributed by atoms with Crippen molar-refractivity contribution in [3.8, 4) is 0 Å². The second-order valence-electron chi connectivity index (χ2n) is 3.81. The number of ether oxygens (including phenoxy) is 1. The van der Waals surface area contributed by atoms with E-state index in [1.165, 1.54) is 0 Å².